The zero-order valence-corrected chi connectivity index (χ0v) is 9.00. The number of primary amides is 1. The number of thioether (sulfide) groups is 1. The van der Waals surface area contributed by atoms with Crippen LogP contribution in [0.1, 0.15) is 6.42 Å². The van der Waals surface area contributed by atoms with Crippen LogP contribution >= 0.6 is 11.8 Å². The van der Waals surface area contributed by atoms with Crippen LogP contribution in [-0.2, 0) is 4.79 Å². The fraction of sp³-hybridized carbons (Fsp3) is 0.500. The number of nitrogens with zero attached hydrogens (tertiary/aromatic N) is 1. The summed E-state index contributed by atoms with van der Waals surface area (Å²) in [5.74, 6) is 0.677. The van der Waals surface area contributed by atoms with Gasteiger partial charge in [-0.05, 0) is 6.42 Å². The van der Waals surface area contributed by atoms with Crippen molar-refractivity contribution in [3.05, 3.63) is 25.3 Å². The zero-order valence-electron chi connectivity index (χ0n) is 8.19. The first-order chi connectivity index (χ1) is 6.70. The highest BCUT2D eigenvalue weighted by atomic mass is 32.2. The fourth-order valence-electron chi connectivity index (χ4n) is 1.62. The molecular weight excluding hydrogens is 196 g/mol. The Balaban J connectivity index is 2.67. The largest absolute Gasteiger partial charge is 0.368 e. The van der Waals surface area contributed by atoms with Crippen LogP contribution in [-0.4, -0.2) is 34.5 Å². The van der Waals surface area contributed by atoms with Gasteiger partial charge in [0.15, 0.2) is 0 Å². The van der Waals surface area contributed by atoms with Crippen molar-refractivity contribution in [3.8, 4) is 0 Å². The van der Waals surface area contributed by atoms with Crippen molar-refractivity contribution < 1.29 is 4.79 Å². The van der Waals surface area contributed by atoms with E-state index in [1.54, 1.807) is 17.8 Å². The first kappa shape index (κ1) is 11.3. The highest BCUT2D eigenvalue weighted by molar-refractivity contribution is 8.00. The standard InChI is InChI=1S/C10H16N2OS/c1-3-5-8-7-14-10(9(11)13)12(8)6-4-2/h3-4,8,10H,1-2,5-7H2,(H2,11,13). The summed E-state index contributed by atoms with van der Waals surface area (Å²) in [5.41, 5.74) is 5.32. The van der Waals surface area contributed by atoms with Gasteiger partial charge in [-0.3, -0.25) is 9.69 Å². The molecule has 3 nitrogen and oxygen atoms in total. The number of rotatable bonds is 5. The Bertz CT molecular complexity index is 242. The van der Waals surface area contributed by atoms with Crippen LogP contribution in [0, 0.1) is 0 Å². The van der Waals surface area contributed by atoms with Gasteiger partial charge in [0.25, 0.3) is 0 Å². The number of amides is 1. The van der Waals surface area contributed by atoms with Crippen molar-refractivity contribution in [3.63, 3.8) is 0 Å². The molecule has 1 heterocycles. The monoisotopic (exact) mass is 212 g/mol. The molecule has 14 heavy (non-hydrogen) atoms. The molecule has 4 heteroatoms. The van der Waals surface area contributed by atoms with E-state index in [1.807, 2.05) is 6.08 Å². The summed E-state index contributed by atoms with van der Waals surface area (Å²) >= 11 is 1.60. The van der Waals surface area contributed by atoms with Crippen molar-refractivity contribution in [2.75, 3.05) is 12.3 Å². The van der Waals surface area contributed by atoms with E-state index in [-0.39, 0.29) is 11.3 Å². The summed E-state index contributed by atoms with van der Waals surface area (Å²) in [4.78, 5) is 13.2. The zero-order chi connectivity index (χ0) is 10.6. The molecule has 0 saturated carbocycles. The van der Waals surface area contributed by atoms with Crippen LogP contribution in [0.2, 0.25) is 0 Å². The molecule has 1 rings (SSSR count). The topological polar surface area (TPSA) is 46.3 Å². The summed E-state index contributed by atoms with van der Waals surface area (Å²) in [7, 11) is 0. The number of carbonyl (C=O) groups excluding carboxylic acids is 1. The minimum atomic E-state index is -0.261. The van der Waals surface area contributed by atoms with Gasteiger partial charge < -0.3 is 5.73 Å². The third-order valence-electron chi connectivity index (χ3n) is 2.24. The van der Waals surface area contributed by atoms with E-state index in [0.29, 0.717) is 12.6 Å². The predicted molar refractivity (Wildman–Crippen MR) is 60.9 cm³/mol. The molecule has 2 atom stereocenters. The Labute approximate surface area is 89.0 Å². The smallest absolute Gasteiger partial charge is 0.245 e. The van der Waals surface area contributed by atoms with Crippen molar-refractivity contribution in [2.24, 2.45) is 5.73 Å². The maximum absolute atomic E-state index is 11.1. The van der Waals surface area contributed by atoms with Crippen molar-refractivity contribution in [1.82, 2.24) is 4.90 Å². The van der Waals surface area contributed by atoms with E-state index >= 15 is 0 Å². The second kappa shape index (κ2) is 5.22. The van der Waals surface area contributed by atoms with E-state index in [1.165, 1.54) is 0 Å². The van der Waals surface area contributed by atoms with Crippen LogP contribution in [0.4, 0.5) is 0 Å². The molecule has 0 radical (unpaired) electrons. The van der Waals surface area contributed by atoms with Crippen LogP contribution in [0.5, 0.6) is 0 Å². The summed E-state index contributed by atoms with van der Waals surface area (Å²) < 4.78 is 0. The molecule has 1 aliphatic heterocycles. The molecule has 0 aromatic rings. The number of nitrogens with two attached hydrogens (primary N) is 1. The Morgan fingerprint density at radius 1 is 1.57 bits per heavy atom. The summed E-state index contributed by atoms with van der Waals surface area (Å²) in [6.07, 6.45) is 4.58. The van der Waals surface area contributed by atoms with Gasteiger partial charge >= 0.3 is 0 Å². The minimum absolute atomic E-state index is 0.196. The summed E-state index contributed by atoms with van der Waals surface area (Å²) in [5, 5.41) is -0.196. The van der Waals surface area contributed by atoms with Crippen LogP contribution in [0.15, 0.2) is 25.3 Å². The van der Waals surface area contributed by atoms with Gasteiger partial charge in [-0.15, -0.1) is 24.9 Å². The second-order valence-electron chi connectivity index (χ2n) is 3.25. The average Bonchev–Trinajstić information content (AvgIpc) is 2.50. The lowest BCUT2D eigenvalue weighted by Crippen LogP contribution is -2.43. The predicted octanol–water partition coefficient (Wildman–Crippen LogP) is 0.977. The number of hydrogen-bond donors (Lipinski definition) is 1. The Hall–Kier alpha value is -0.740. The highest BCUT2D eigenvalue weighted by Crippen LogP contribution is 2.30. The van der Waals surface area contributed by atoms with Gasteiger partial charge in [-0.25, -0.2) is 0 Å². The van der Waals surface area contributed by atoms with E-state index < -0.39 is 0 Å². The van der Waals surface area contributed by atoms with E-state index in [4.69, 9.17) is 5.73 Å². The molecule has 2 unspecified atom stereocenters. The summed E-state index contributed by atoms with van der Waals surface area (Å²) in [6.45, 7) is 8.10. The molecule has 1 aliphatic rings. The quantitative estimate of drug-likeness (QED) is 0.691. The lowest BCUT2D eigenvalue weighted by Gasteiger charge is -2.25. The average molecular weight is 212 g/mol. The molecule has 0 spiro atoms. The molecule has 0 bridgehead atoms. The Kier molecular flexibility index (Phi) is 4.22. The molecular formula is C10H16N2OS. The van der Waals surface area contributed by atoms with Crippen molar-refractivity contribution >= 4 is 17.7 Å². The molecule has 78 valence electrons. The van der Waals surface area contributed by atoms with Gasteiger partial charge in [0, 0.05) is 18.3 Å². The number of hydrogen-bond acceptors (Lipinski definition) is 3. The molecule has 1 fully saturated rings. The molecule has 1 amide bonds. The normalized spacial score (nSPS) is 27.4. The van der Waals surface area contributed by atoms with Gasteiger partial charge in [0.05, 0.1) is 0 Å². The highest BCUT2D eigenvalue weighted by Gasteiger charge is 2.35. The number of carbonyl (C=O) groups is 1. The maximum Gasteiger partial charge on any atom is 0.245 e. The van der Waals surface area contributed by atoms with Gasteiger partial charge in [0.2, 0.25) is 5.91 Å². The molecule has 0 aromatic heterocycles. The van der Waals surface area contributed by atoms with Crippen LogP contribution < -0.4 is 5.73 Å². The minimum Gasteiger partial charge on any atom is -0.368 e. The molecule has 1 saturated heterocycles. The van der Waals surface area contributed by atoms with Gasteiger partial charge in [-0.1, -0.05) is 12.2 Å². The van der Waals surface area contributed by atoms with Gasteiger partial charge in [-0.2, -0.15) is 0 Å². The second-order valence-corrected chi connectivity index (χ2v) is 4.36. The molecule has 2 N–H and O–H groups in total. The van der Waals surface area contributed by atoms with Crippen molar-refractivity contribution in [2.45, 2.75) is 17.8 Å². The molecule has 0 aromatic carbocycles. The third kappa shape index (κ3) is 2.39. The Morgan fingerprint density at radius 3 is 2.79 bits per heavy atom. The van der Waals surface area contributed by atoms with E-state index in [0.717, 1.165) is 12.2 Å². The van der Waals surface area contributed by atoms with E-state index in [2.05, 4.69) is 18.1 Å². The van der Waals surface area contributed by atoms with Crippen LogP contribution in [0.3, 0.4) is 0 Å². The van der Waals surface area contributed by atoms with Crippen molar-refractivity contribution in [1.29, 1.82) is 0 Å². The van der Waals surface area contributed by atoms with Crippen LogP contribution in [0.25, 0.3) is 0 Å². The fourth-order valence-corrected chi connectivity index (χ4v) is 2.97. The SMILES string of the molecule is C=CCC1CSC(C(N)=O)N1CC=C. The summed E-state index contributed by atoms with van der Waals surface area (Å²) in [6, 6.07) is 0.369. The van der Waals surface area contributed by atoms with E-state index in [9.17, 15) is 4.79 Å². The van der Waals surface area contributed by atoms with Gasteiger partial charge in [0.1, 0.15) is 5.37 Å². The third-order valence-corrected chi connectivity index (χ3v) is 3.63. The maximum atomic E-state index is 11.1. The first-order valence-corrected chi connectivity index (χ1v) is 5.64. The molecule has 0 aliphatic carbocycles. The Morgan fingerprint density at radius 2 is 2.29 bits per heavy atom. The lowest BCUT2D eigenvalue weighted by molar-refractivity contribution is -0.120. The first-order valence-electron chi connectivity index (χ1n) is 4.59. The lowest BCUT2D eigenvalue weighted by atomic mass is 10.2.